The summed E-state index contributed by atoms with van der Waals surface area (Å²) < 4.78 is 5.42. The molecule has 1 aliphatic rings. The molecule has 1 amide bonds. The Morgan fingerprint density at radius 3 is 2.33 bits per heavy atom. The first-order chi connectivity index (χ1) is 9.66. The van der Waals surface area contributed by atoms with Crippen LogP contribution in [0.15, 0.2) is 5.16 Å². The second-order valence-corrected chi connectivity index (χ2v) is 6.91. The van der Waals surface area contributed by atoms with E-state index >= 15 is 0 Å². The van der Waals surface area contributed by atoms with Crippen molar-refractivity contribution in [3.63, 3.8) is 0 Å². The molecule has 6 heteroatoms. The molecule has 0 unspecified atom stereocenters. The van der Waals surface area contributed by atoms with Crippen molar-refractivity contribution in [1.82, 2.24) is 4.90 Å². The average Bonchev–Trinajstić information content (AvgIpc) is 2.43. The minimum atomic E-state index is -0.747. The van der Waals surface area contributed by atoms with Gasteiger partial charge in [-0.15, -0.1) is 0 Å². The lowest BCUT2D eigenvalue weighted by Gasteiger charge is -2.45. The minimum absolute atomic E-state index is 0.0883. The zero-order valence-corrected chi connectivity index (χ0v) is 13.8. The van der Waals surface area contributed by atoms with Crippen molar-refractivity contribution in [2.75, 3.05) is 7.05 Å². The zero-order chi connectivity index (χ0) is 16.3. The number of hydrogen-bond donors (Lipinski definition) is 2. The van der Waals surface area contributed by atoms with Gasteiger partial charge in [-0.3, -0.25) is 4.90 Å². The second kappa shape index (κ2) is 6.54. The van der Waals surface area contributed by atoms with Crippen molar-refractivity contribution in [2.45, 2.75) is 70.9 Å². The van der Waals surface area contributed by atoms with Gasteiger partial charge >= 0.3 is 6.09 Å². The Hall–Kier alpha value is -1.46. The van der Waals surface area contributed by atoms with E-state index in [-0.39, 0.29) is 5.84 Å². The molecule has 0 aromatic carbocycles. The number of oxime groups is 1. The van der Waals surface area contributed by atoms with Crippen LogP contribution in [-0.2, 0) is 4.74 Å². The fraction of sp³-hybridized carbons (Fsp3) is 0.867. The number of likely N-dealkylation sites (N-methyl/N-ethyl adjacent to an activating group) is 1. The number of carbonyl (C=O) groups excluding carboxylic acids is 1. The van der Waals surface area contributed by atoms with Gasteiger partial charge in [-0.1, -0.05) is 18.5 Å². The summed E-state index contributed by atoms with van der Waals surface area (Å²) in [7, 11) is 1.67. The van der Waals surface area contributed by atoms with Crippen LogP contribution in [0.4, 0.5) is 4.79 Å². The Bertz CT molecular complexity index is 393. The van der Waals surface area contributed by atoms with Crippen LogP contribution >= 0.6 is 0 Å². The van der Waals surface area contributed by atoms with E-state index in [4.69, 9.17) is 15.7 Å². The predicted octanol–water partition coefficient (Wildman–Crippen LogP) is 2.94. The molecule has 1 aliphatic carbocycles. The number of nitrogens with two attached hydrogens (primary N) is 1. The van der Waals surface area contributed by atoms with Crippen molar-refractivity contribution in [1.29, 1.82) is 0 Å². The summed E-state index contributed by atoms with van der Waals surface area (Å²) in [4.78, 5) is 13.8. The molecule has 6 nitrogen and oxygen atoms in total. The molecule has 1 fully saturated rings. The smallest absolute Gasteiger partial charge is 0.410 e. The molecule has 0 aliphatic heterocycles. The number of rotatable bonds is 3. The van der Waals surface area contributed by atoms with Gasteiger partial charge < -0.3 is 15.7 Å². The van der Waals surface area contributed by atoms with Crippen molar-refractivity contribution in [3.8, 4) is 0 Å². The molecule has 0 aromatic heterocycles. The first kappa shape index (κ1) is 17.6. The number of ether oxygens (including phenoxy) is 1. The largest absolute Gasteiger partial charge is 0.444 e. The third-order valence-electron chi connectivity index (χ3n) is 4.40. The minimum Gasteiger partial charge on any atom is -0.444 e. The Morgan fingerprint density at radius 2 is 1.95 bits per heavy atom. The summed E-state index contributed by atoms with van der Waals surface area (Å²) in [5.41, 5.74) is 4.60. The highest BCUT2D eigenvalue weighted by Crippen LogP contribution is 2.38. The second-order valence-electron chi connectivity index (χ2n) is 6.91. The lowest BCUT2D eigenvalue weighted by atomic mass is 9.74. The van der Waals surface area contributed by atoms with Crippen LogP contribution in [0.1, 0.15) is 59.8 Å². The Balaban J connectivity index is 2.96. The van der Waals surface area contributed by atoms with Crippen LogP contribution in [0.3, 0.4) is 0 Å². The van der Waals surface area contributed by atoms with Crippen molar-refractivity contribution < 1.29 is 14.7 Å². The lowest BCUT2D eigenvalue weighted by molar-refractivity contribution is 0.00717. The first-order valence-electron chi connectivity index (χ1n) is 7.61. The standard InChI is InChI=1S/C15H29N3O3/c1-6-11-7-9-15(10-8-11,12(16)17-20)18(5)13(19)21-14(2,3)4/h11,20H,6-10H2,1-5H3,(H2,16,17). The van der Waals surface area contributed by atoms with E-state index in [1.165, 1.54) is 4.90 Å². The zero-order valence-electron chi connectivity index (χ0n) is 13.8. The van der Waals surface area contributed by atoms with Crippen molar-refractivity contribution in [2.24, 2.45) is 16.8 Å². The van der Waals surface area contributed by atoms with Gasteiger partial charge in [-0.25, -0.2) is 4.79 Å². The summed E-state index contributed by atoms with van der Waals surface area (Å²) in [5, 5.41) is 12.3. The summed E-state index contributed by atoms with van der Waals surface area (Å²) in [6, 6.07) is 0. The molecular weight excluding hydrogens is 270 g/mol. The predicted molar refractivity (Wildman–Crippen MR) is 82.4 cm³/mol. The molecule has 0 aromatic rings. The van der Waals surface area contributed by atoms with E-state index < -0.39 is 17.2 Å². The Morgan fingerprint density at radius 1 is 1.43 bits per heavy atom. The normalized spacial score (nSPS) is 27.3. The third kappa shape index (κ3) is 4.02. The van der Waals surface area contributed by atoms with Crippen LogP contribution in [0.25, 0.3) is 0 Å². The van der Waals surface area contributed by atoms with E-state index in [1.807, 2.05) is 20.8 Å². The quantitative estimate of drug-likeness (QED) is 0.363. The van der Waals surface area contributed by atoms with Crippen LogP contribution < -0.4 is 5.73 Å². The molecule has 0 saturated heterocycles. The maximum Gasteiger partial charge on any atom is 0.410 e. The molecular formula is C15H29N3O3. The van der Waals surface area contributed by atoms with E-state index in [9.17, 15) is 4.79 Å². The summed E-state index contributed by atoms with van der Waals surface area (Å²) in [6.07, 6.45) is 3.97. The average molecular weight is 299 g/mol. The van der Waals surface area contributed by atoms with E-state index in [2.05, 4.69) is 12.1 Å². The summed E-state index contributed by atoms with van der Waals surface area (Å²) in [5.74, 6) is 0.724. The van der Waals surface area contributed by atoms with E-state index in [0.717, 1.165) is 19.3 Å². The van der Waals surface area contributed by atoms with Gasteiger partial charge in [0.2, 0.25) is 0 Å². The number of nitrogens with zero attached hydrogens (tertiary/aromatic N) is 2. The molecule has 21 heavy (non-hydrogen) atoms. The molecule has 0 bridgehead atoms. The first-order valence-corrected chi connectivity index (χ1v) is 7.61. The van der Waals surface area contributed by atoms with Crippen LogP contribution in [0.5, 0.6) is 0 Å². The fourth-order valence-electron chi connectivity index (χ4n) is 2.92. The number of amidine groups is 1. The SMILES string of the molecule is CCC1CCC(/C(N)=N/O)(N(C)C(=O)OC(C)(C)C)CC1. The van der Waals surface area contributed by atoms with Gasteiger partial charge in [-0.2, -0.15) is 0 Å². The van der Waals surface area contributed by atoms with Crippen LogP contribution in [-0.4, -0.2) is 40.2 Å². The molecule has 1 rings (SSSR count). The summed E-state index contributed by atoms with van der Waals surface area (Å²) >= 11 is 0. The van der Waals surface area contributed by atoms with Gasteiger partial charge in [0.05, 0.1) is 0 Å². The van der Waals surface area contributed by atoms with Crippen LogP contribution in [0, 0.1) is 5.92 Å². The molecule has 122 valence electrons. The summed E-state index contributed by atoms with van der Waals surface area (Å²) in [6.45, 7) is 7.63. The van der Waals surface area contributed by atoms with Crippen molar-refractivity contribution >= 4 is 11.9 Å². The monoisotopic (exact) mass is 299 g/mol. The van der Waals surface area contributed by atoms with Gasteiger partial charge in [0, 0.05) is 7.05 Å². The Labute approximate surface area is 127 Å². The molecule has 0 spiro atoms. The maximum atomic E-state index is 12.3. The fourth-order valence-corrected chi connectivity index (χ4v) is 2.92. The highest BCUT2D eigenvalue weighted by molar-refractivity contribution is 5.92. The van der Waals surface area contributed by atoms with Gasteiger partial charge in [0.25, 0.3) is 0 Å². The van der Waals surface area contributed by atoms with E-state index in [1.54, 1.807) is 7.05 Å². The van der Waals surface area contributed by atoms with Crippen molar-refractivity contribution in [3.05, 3.63) is 0 Å². The molecule has 3 N–H and O–H groups in total. The number of carbonyl (C=O) groups is 1. The number of hydrogen-bond acceptors (Lipinski definition) is 4. The highest BCUT2D eigenvalue weighted by Gasteiger charge is 2.45. The lowest BCUT2D eigenvalue weighted by Crippen LogP contribution is -2.60. The Kier molecular flexibility index (Phi) is 5.48. The maximum absolute atomic E-state index is 12.3. The van der Waals surface area contributed by atoms with Gasteiger partial charge in [0.1, 0.15) is 11.1 Å². The number of amides is 1. The van der Waals surface area contributed by atoms with Gasteiger partial charge in [0.15, 0.2) is 5.84 Å². The van der Waals surface area contributed by atoms with E-state index in [0.29, 0.717) is 18.8 Å². The topological polar surface area (TPSA) is 88.2 Å². The van der Waals surface area contributed by atoms with Crippen LogP contribution in [0.2, 0.25) is 0 Å². The highest BCUT2D eigenvalue weighted by atomic mass is 16.6. The molecule has 1 saturated carbocycles. The molecule has 0 heterocycles. The third-order valence-corrected chi connectivity index (χ3v) is 4.40. The molecule has 0 atom stereocenters. The molecule has 0 radical (unpaired) electrons. The van der Waals surface area contributed by atoms with Gasteiger partial charge in [-0.05, 0) is 52.4 Å².